The molecule has 7 nitrogen and oxygen atoms in total. The molecule has 0 saturated carbocycles. The first-order chi connectivity index (χ1) is 18.0. The quantitative estimate of drug-likeness (QED) is 0.188. The van der Waals surface area contributed by atoms with Crippen molar-refractivity contribution in [2.24, 2.45) is 0 Å². The lowest BCUT2D eigenvalue weighted by Crippen LogP contribution is -2.39. The highest BCUT2D eigenvalue weighted by molar-refractivity contribution is 5.92. The van der Waals surface area contributed by atoms with Crippen LogP contribution in [0.4, 0.5) is 4.79 Å². The first-order valence-electron chi connectivity index (χ1n) is 12.4. The number of benzene rings is 3. The number of hydrogen-bond donors (Lipinski definition) is 1. The van der Waals surface area contributed by atoms with Crippen molar-refractivity contribution in [1.82, 2.24) is 5.32 Å². The van der Waals surface area contributed by atoms with Crippen molar-refractivity contribution in [2.45, 2.75) is 52.7 Å². The summed E-state index contributed by atoms with van der Waals surface area (Å²) in [6, 6.07) is 20.7. The summed E-state index contributed by atoms with van der Waals surface area (Å²) >= 11 is 0. The van der Waals surface area contributed by atoms with Crippen molar-refractivity contribution in [3.63, 3.8) is 0 Å². The maximum Gasteiger partial charge on any atom is 0.408 e. The number of ether oxygens (including phenoxy) is 2. The van der Waals surface area contributed by atoms with Crippen molar-refractivity contribution < 1.29 is 23.5 Å². The minimum absolute atomic E-state index is 0.243. The molecule has 7 heteroatoms. The van der Waals surface area contributed by atoms with Gasteiger partial charge in [0.15, 0.2) is 6.04 Å². The molecule has 0 radical (unpaired) electrons. The molecule has 196 valence electrons. The molecular formula is C31H31NO6. The van der Waals surface area contributed by atoms with E-state index in [0.29, 0.717) is 34.1 Å². The van der Waals surface area contributed by atoms with Gasteiger partial charge in [-0.25, -0.2) is 14.4 Å². The number of aryl methyl sites for hydroxylation is 2. The van der Waals surface area contributed by atoms with E-state index in [-0.39, 0.29) is 5.75 Å². The first kappa shape index (κ1) is 26.7. The van der Waals surface area contributed by atoms with E-state index in [0.717, 1.165) is 11.1 Å². The molecule has 4 aromatic rings. The second-order valence-corrected chi connectivity index (χ2v) is 10.2. The van der Waals surface area contributed by atoms with E-state index >= 15 is 0 Å². The Bertz CT molecular complexity index is 1520. The molecule has 0 aliphatic rings. The van der Waals surface area contributed by atoms with Gasteiger partial charge in [0, 0.05) is 12.0 Å². The van der Waals surface area contributed by atoms with Gasteiger partial charge in [-0.15, -0.1) is 0 Å². The molecular weight excluding hydrogens is 482 g/mol. The van der Waals surface area contributed by atoms with E-state index in [2.05, 4.69) is 5.32 Å². The topological polar surface area (TPSA) is 94.8 Å². The van der Waals surface area contributed by atoms with E-state index in [4.69, 9.17) is 13.9 Å². The fourth-order valence-corrected chi connectivity index (χ4v) is 4.24. The number of carbonyl (C=O) groups is 2. The minimum atomic E-state index is -1.12. The zero-order valence-electron chi connectivity index (χ0n) is 22.2. The summed E-state index contributed by atoms with van der Waals surface area (Å²) in [6.45, 7) is 8.86. The van der Waals surface area contributed by atoms with Gasteiger partial charge < -0.3 is 19.2 Å². The first-order valence-corrected chi connectivity index (χ1v) is 12.4. The summed E-state index contributed by atoms with van der Waals surface area (Å²) in [5.41, 5.74) is 2.53. The highest BCUT2D eigenvalue weighted by atomic mass is 16.6. The third-order valence-corrected chi connectivity index (χ3v) is 5.95. The van der Waals surface area contributed by atoms with Crippen molar-refractivity contribution in [1.29, 1.82) is 0 Å². The lowest BCUT2D eigenvalue weighted by atomic mass is 9.98. The summed E-state index contributed by atoms with van der Waals surface area (Å²) < 4.78 is 17.0. The van der Waals surface area contributed by atoms with Crippen LogP contribution in [0.1, 0.15) is 54.6 Å². The molecule has 0 unspecified atom stereocenters. The van der Waals surface area contributed by atoms with Crippen LogP contribution >= 0.6 is 0 Å². The summed E-state index contributed by atoms with van der Waals surface area (Å²) in [6.07, 6.45) is -0.372. The molecule has 38 heavy (non-hydrogen) atoms. The highest BCUT2D eigenvalue weighted by Gasteiger charge is 2.28. The average Bonchev–Trinajstić information content (AvgIpc) is 2.84. The molecule has 0 saturated heterocycles. The van der Waals surface area contributed by atoms with Gasteiger partial charge in [-0.3, -0.25) is 0 Å². The number of carbonyl (C=O) groups excluding carboxylic acids is 2. The molecule has 1 heterocycles. The lowest BCUT2D eigenvalue weighted by molar-refractivity contribution is -0.136. The minimum Gasteiger partial charge on any atom is -0.444 e. The molecule has 0 fully saturated rings. The van der Waals surface area contributed by atoms with Crippen LogP contribution in [0.25, 0.3) is 11.0 Å². The molecule has 1 aromatic heterocycles. The predicted octanol–water partition coefficient (Wildman–Crippen LogP) is 6.17. The largest absolute Gasteiger partial charge is 0.444 e. The van der Waals surface area contributed by atoms with Crippen LogP contribution in [0, 0.1) is 13.8 Å². The molecule has 0 spiro atoms. The van der Waals surface area contributed by atoms with Gasteiger partial charge in [0.05, 0.1) is 5.39 Å². The Morgan fingerprint density at radius 2 is 1.58 bits per heavy atom. The molecule has 0 aliphatic carbocycles. The van der Waals surface area contributed by atoms with E-state index in [1.807, 2.05) is 50.2 Å². The van der Waals surface area contributed by atoms with Crippen molar-refractivity contribution in [2.75, 3.05) is 0 Å². The van der Waals surface area contributed by atoms with Gasteiger partial charge >= 0.3 is 17.7 Å². The molecule has 3 aromatic carbocycles. The van der Waals surface area contributed by atoms with E-state index in [1.54, 1.807) is 57.2 Å². The van der Waals surface area contributed by atoms with Gasteiger partial charge in [-0.2, -0.15) is 0 Å². The number of esters is 1. The molecule has 1 atom stereocenters. The summed E-state index contributed by atoms with van der Waals surface area (Å²) in [4.78, 5) is 39.0. The average molecular weight is 514 g/mol. The van der Waals surface area contributed by atoms with Gasteiger partial charge in [0.2, 0.25) is 0 Å². The van der Waals surface area contributed by atoms with Gasteiger partial charge in [-0.1, -0.05) is 60.7 Å². The van der Waals surface area contributed by atoms with Crippen LogP contribution in [0.5, 0.6) is 5.75 Å². The molecule has 4 rings (SSSR count). The maximum atomic E-state index is 13.5. The number of hydrogen-bond acceptors (Lipinski definition) is 6. The summed E-state index contributed by atoms with van der Waals surface area (Å²) in [5, 5.41) is 3.16. The lowest BCUT2D eigenvalue weighted by Gasteiger charge is -2.23. The van der Waals surface area contributed by atoms with Crippen molar-refractivity contribution in [3.8, 4) is 5.75 Å². The fraction of sp³-hybridized carbons (Fsp3) is 0.258. The molecule has 1 amide bonds. The van der Waals surface area contributed by atoms with Crippen molar-refractivity contribution >= 4 is 23.0 Å². The number of fused-ring (bicyclic) bond motifs is 1. The van der Waals surface area contributed by atoms with Gasteiger partial charge in [0.1, 0.15) is 16.9 Å². The smallest absolute Gasteiger partial charge is 0.408 e. The second kappa shape index (κ2) is 10.9. The Balaban J connectivity index is 1.74. The third-order valence-electron chi connectivity index (χ3n) is 5.95. The van der Waals surface area contributed by atoms with Crippen LogP contribution in [0.2, 0.25) is 0 Å². The Morgan fingerprint density at radius 1 is 0.947 bits per heavy atom. The summed E-state index contributed by atoms with van der Waals surface area (Å²) in [5.74, 6) is -0.461. The van der Waals surface area contributed by atoms with Crippen molar-refractivity contribution in [3.05, 3.63) is 111 Å². The Morgan fingerprint density at radius 3 is 2.21 bits per heavy atom. The number of alkyl carbamates (subject to hydrolysis) is 1. The predicted molar refractivity (Wildman–Crippen MR) is 145 cm³/mol. The van der Waals surface area contributed by atoms with Crippen LogP contribution in [-0.2, 0) is 16.0 Å². The standard InChI is InChI=1S/C31H31NO6/c1-19-16-24-26(20(2)23(28(33)36-24)18-21-12-8-6-9-13-21)25(17-19)37-29(34)27(22-14-10-7-11-15-22)32-30(35)38-31(3,4)5/h6-17,27H,18H2,1-5H3,(H,32,35)/t27-/m1/s1. The monoisotopic (exact) mass is 513 g/mol. The van der Waals surface area contributed by atoms with E-state index in [1.165, 1.54) is 0 Å². The summed E-state index contributed by atoms with van der Waals surface area (Å²) in [7, 11) is 0. The normalized spacial score (nSPS) is 12.1. The zero-order chi connectivity index (χ0) is 27.4. The highest BCUT2D eigenvalue weighted by Crippen LogP contribution is 2.33. The van der Waals surface area contributed by atoms with E-state index < -0.39 is 29.3 Å². The van der Waals surface area contributed by atoms with Crippen LogP contribution in [-0.4, -0.2) is 17.7 Å². The molecule has 0 aliphatic heterocycles. The van der Waals surface area contributed by atoms with Crippen LogP contribution in [0.15, 0.2) is 82.0 Å². The maximum absolute atomic E-state index is 13.5. The van der Waals surface area contributed by atoms with Gasteiger partial charge in [-0.05, 0) is 69.0 Å². The van der Waals surface area contributed by atoms with Crippen LogP contribution in [0.3, 0.4) is 0 Å². The number of rotatable bonds is 6. The fourth-order valence-electron chi connectivity index (χ4n) is 4.24. The Hall–Kier alpha value is -4.39. The molecule has 0 bridgehead atoms. The van der Waals surface area contributed by atoms with Crippen LogP contribution < -0.4 is 15.7 Å². The number of nitrogens with one attached hydrogen (secondary N) is 1. The van der Waals surface area contributed by atoms with Gasteiger partial charge in [0.25, 0.3) is 0 Å². The zero-order valence-corrected chi connectivity index (χ0v) is 22.2. The number of amides is 1. The Labute approximate surface area is 221 Å². The van der Waals surface area contributed by atoms with E-state index in [9.17, 15) is 14.4 Å². The Kier molecular flexibility index (Phi) is 7.67. The second-order valence-electron chi connectivity index (χ2n) is 10.2. The third kappa shape index (κ3) is 6.29. The molecule has 1 N–H and O–H groups in total. The SMILES string of the molecule is Cc1cc(OC(=O)[C@H](NC(=O)OC(C)(C)C)c2ccccc2)c2c(C)c(Cc3ccccc3)c(=O)oc2c1.